The second kappa shape index (κ2) is 8.43. The summed E-state index contributed by atoms with van der Waals surface area (Å²) in [5.74, 6) is -0.982. The minimum absolute atomic E-state index is 0.152. The maximum Gasteiger partial charge on any atom is 0.412 e. The minimum Gasteiger partial charge on any atom is -0.444 e. The predicted molar refractivity (Wildman–Crippen MR) is 119 cm³/mol. The van der Waals surface area contributed by atoms with E-state index in [0.29, 0.717) is 33.3 Å². The van der Waals surface area contributed by atoms with Crippen LogP contribution in [-0.2, 0) is 9.53 Å². The van der Waals surface area contributed by atoms with Crippen LogP contribution in [0.3, 0.4) is 0 Å². The van der Waals surface area contributed by atoms with E-state index in [1.807, 2.05) is 0 Å². The van der Waals surface area contributed by atoms with E-state index in [2.05, 4.69) is 31.9 Å². The summed E-state index contributed by atoms with van der Waals surface area (Å²) >= 11 is 0. The first kappa shape index (κ1) is 22.1. The quantitative estimate of drug-likeness (QED) is 0.611. The predicted octanol–water partition coefficient (Wildman–Crippen LogP) is 4.21. The van der Waals surface area contributed by atoms with Crippen LogP contribution >= 0.6 is 0 Å². The van der Waals surface area contributed by atoms with Gasteiger partial charge >= 0.3 is 6.09 Å². The van der Waals surface area contributed by atoms with Crippen molar-refractivity contribution < 1.29 is 18.7 Å². The summed E-state index contributed by atoms with van der Waals surface area (Å²) in [7, 11) is 0. The van der Waals surface area contributed by atoms with Gasteiger partial charge in [0, 0.05) is 23.3 Å². The van der Waals surface area contributed by atoms with Crippen LogP contribution in [0.2, 0.25) is 0 Å². The zero-order valence-electron chi connectivity index (χ0n) is 18.2. The standard InChI is InChI=1S/C23H21FN6O3/c1-23(2,3)33-22(32)27-18-7-13(16-11-26-5-4-12(16)10-25)6-14-8-19(29-30-20(14)18)28-21(31)15-9-17(15)24/h4-8,11,15,17H,9H2,1-3H3,(H,27,32)(H,28,29,31). The Hall–Kier alpha value is -4.13. The molecule has 1 fully saturated rings. The summed E-state index contributed by atoms with van der Waals surface area (Å²) in [4.78, 5) is 28.6. The van der Waals surface area contributed by atoms with E-state index in [9.17, 15) is 19.2 Å². The van der Waals surface area contributed by atoms with Gasteiger partial charge < -0.3 is 10.1 Å². The van der Waals surface area contributed by atoms with E-state index in [-0.39, 0.29) is 12.2 Å². The van der Waals surface area contributed by atoms with Gasteiger partial charge in [-0.05, 0) is 57.0 Å². The molecule has 168 valence electrons. The highest BCUT2D eigenvalue weighted by Gasteiger charge is 2.43. The molecule has 1 aliphatic rings. The van der Waals surface area contributed by atoms with Crippen LogP contribution in [0.4, 0.5) is 20.7 Å². The van der Waals surface area contributed by atoms with E-state index >= 15 is 0 Å². The number of nitriles is 1. The fourth-order valence-electron chi connectivity index (χ4n) is 3.26. The molecule has 2 aromatic heterocycles. The van der Waals surface area contributed by atoms with Crippen LogP contribution < -0.4 is 10.6 Å². The van der Waals surface area contributed by atoms with Crippen molar-refractivity contribution in [2.24, 2.45) is 5.92 Å². The second-order valence-corrected chi connectivity index (χ2v) is 8.70. The number of anilines is 2. The van der Waals surface area contributed by atoms with E-state index < -0.39 is 29.7 Å². The summed E-state index contributed by atoms with van der Waals surface area (Å²) in [6, 6.07) is 8.67. The van der Waals surface area contributed by atoms with Crippen LogP contribution in [-0.4, -0.2) is 39.0 Å². The van der Waals surface area contributed by atoms with Gasteiger partial charge in [0.15, 0.2) is 5.82 Å². The average Bonchev–Trinajstić information content (AvgIpc) is 3.48. The molecule has 1 aliphatic carbocycles. The molecule has 10 heteroatoms. The average molecular weight is 448 g/mol. The zero-order chi connectivity index (χ0) is 23.8. The van der Waals surface area contributed by atoms with Gasteiger partial charge in [-0.3, -0.25) is 15.1 Å². The SMILES string of the molecule is CC(C)(C)OC(=O)Nc1cc(-c2cnccc2C#N)cc2cc(NC(=O)C3CC3F)nnc12. The molecular formula is C23H21FN6O3. The fraction of sp³-hybridized carbons (Fsp3) is 0.304. The van der Waals surface area contributed by atoms with Crippen molar-refractivity contribution in [1.82, 2.24) is 15.2 Å². The van der Waals surface area contributed by atoms with Gasteiger partial charge in [0.25, 0.3) is 0 Å². The summed E-state index contributed by atoms with van der Waals surface area (Å²) in [6.45, 7) is 5.23. The smallest absolute Gasteiger partial charge is 0.412 e. The number of fused-ring (bicyclic) bond motifs is 1. The summed E-state index contributed by atoms with van der Waals surface area (Å²) in [5.41, 5.74) is 1.48. The van der Waals surface area contributed by atoms with Crippen molar-refractivity contribution in [2.45, 2.75) is 39.0 Å². The molecule has 2 atom stereocenters. The number of halogens is 1. The molecule has 2 heterocycles. The van der Waals surface area contributed by atoms with E-state index in [4.69, 9.17) is 4.74 Å². The molecular weight excluding hydrogens is 427 g/mol. The Morgan fingerprint density at radius 2 is 1.97 bits per heavy atom. The van der Waals surface area contributed by atoms with Gasteiger partial charge in [0.1, 0.15) is 17.3 Å². The van der Waals surface area contributed by atoms with Gasteiger partial charge in [-0.2, -0.15) is 5.26 Å². The summed E-state index contributed by atoms with van der Waals surface area (Å²) < 4.78 is 18.5. The van der Waals surface area contributed by atoms with Crippen molar-refractivity contribution in [2.75, 3.05) is 10.6 Å². The first-order valence-electron chi connectivity index (χ1n) is 10.3. The number of nitrogens with zero attached hydrogens (tertiary/aromatic N) is 4. The normalized spacial score (nSPS) is 17.2. The molecule has 2 N–H and O–H groups in total. The number of aromatic nitrogens is 3. The molecule has 0 bridgehead atoms. The third kappa shape index (κ3) is 5.03. The molecule has 0 radical (unpaired) electrons. The lowest BCUT2D eigenvalue weighted by Gasteiger charge is -2.20. The number of amides is 2. The maximum absolute atomic E-state index is 13.2. The van der Waals surface area contributed by atoms with Crippen molar-refractivity contribution in [3.8, 4) is 17.2 Å². The molecule has 9 nitrogen and oxygen atoms in total. The van der Waals surface area contributed by atoms with Gasteiger partial charge in [-0.1, -0.05) is 0 Å². The number of nitrogens with one attached hydrogen (secondary N) is 2. The highest BCUT2D eigenvalue weighted by atomic mass is 19.1. The third-order valence-corrected chi connectivity index (χ3v) is 4.88. The summed E-state index contributed by atoms with van der Waals surface area (Å²) in [5, 5.41) is 23.4. The molecule has 0 saturated heterocycles. The van der Waals surface area contributed by atoms with Crippen molar-refractivity contribution in [3.05, 3.63) is 42.2 Å². The molecule has 1 aromatic carbocycles. The highest BCUT2D eigenvalue weighted by molar-refractivity contribution is 6.02. The topological polar surface area (TPSA) is 130 Å². The van der Waals surface area contributed by atoms with Gasteiger partial charge in [-0.25, -0.2) is 9.18 Å². The van der Waals surface area contributed by atoms with Crippen LogP contribution in [0.15, 0.2) is 36.7 Å². The van der Waals surface area contributed by atoms with Crippen molar-refractivity contribution in [1.29, 1.82) is 5.26 Å². The van der Waals surface area contributed by atoms with Crippen LogP contribution in [0, 0.1) is 17.2 Å². The molecule has 3 aromatic rings. The second-order valence-electron chi connectivity index (χ2n) is 8.70. The minimum atomic E-state index is -1.13. The van der Waals surface area contributed by atoms with E-state index in [0.717, 1.165) is 0 Å². The first-order chi connectivity index (χ1) is 15.6. The Kier molecular flexibility index (Phi) is 5.64. The number of benzene rings is 1. The largest absolute Gasteiger partial charge is 0.444 e. The van der Waals surface area contributed by atoms with Crippen LogP contribution in [0.25, 0.3) is 22.0 Å². The van der Waals surface area contributed by atoms with Crippen molar-refractivity contribution >= 4 is 34.4 Å². The Morgan fingerprint density at radius 3 is 2.64 bits per heavy atom. The number of rotatable bonds is 4. The van der Waals surface area contributed by atoms with Gasteiger partial charge in [-0.15, -0.1) is 10.2 Å². The van der Waals surface area contributed by atoms with E-state index in [1.165, 1.54) is 6.20 Å². The number of carbonyl (C=O) groups is 2. The zero-order valence-corrected chi connectivity index (χ0v) is 18.2. The number of pyridine rings is 1. The number of hydrogen-bond donors (Lipinski definition) is 2. The molecule has 2 amide bonds. The van der Waals surface area contributed by atoms with Crippen molar-refractivity contribution in [3.63, 3.8) is 0 Å². The number of ether oxygens (including phenoxy) is 1. The highest BCUT2D eigenvalue weighted by Crippen LogP contribution is 2.35. The lowest BCUT2D eigenvalue weighted by Crippen LogP contribution is -2.27. The molecule has 4 rings (SSSR count). The molecule has 0 spiro atoms. The lowest BCUT2D eigenvalue weighted by molar-refractivity contribution is -0.117. The lowest BCUT2D eigenvalue weighted by atomic mass is 10.00. The van der Waals surface area contributed by atoms with Gasteiger partial charge in [0.05, 0.1) is 23.2 Å². The third-order valence-electron chi connectivity index (χ3n) is 4.88. The Bertz CT molecular complexity index is 1300. The van der Waals surface area contributed by atoms with Crippen LogP contribution in [0.1, 0.15) is 32.8 Å². The van der Waals surface area contributed by atoms with E-state index in [1.54, 1.807) is 51.2 Å². The molecule has 33 heavy (non-hydrogen) atoms. The molecule has 1 saturated carbocycles. The van der Waals surface area contributed by atoms with Gasteiger partial charge in [0.2, 0.25) is 5.91 Å². The Morgan fingerprint density at radius 1 is 1.21 bits per heavy atom. The number of alkyl halides is 1. The molecule has 0 aliphatic heterocycles. The maximum atomic E-state index is 13.2. The monoisotopic (exact) mass is 448 g/mol. The fourth-order valence-corrected chi connectivity index (χ4v) is 3.26. The Balaban J connectivity index is 1.77. The van der Waals surface area contributed by atoms with Crippen LogP contribution in [0.5, 0.6) is 0 Å². The Labute approximate surface area is 189 Å². The molecule has 2 unspecified atom stereocenters. The number of hydrogen-bond acceptors (Lipinski definition) is 7. The number of carbonyl (C=O) groups excluding carboxylic acids is 2. The summed E-state index contributed by atoms with van der Waals surface area (Å²) in [6.07, 6.45) is 1.43. The first-order valence-corrected chi connectivity index (χ1v) is 10.3.